The Bertz CT molecular complexity index is 895. The molecule has 0 bridgehead atoms. The van der Waals surface area contributed by atoms with E-state index in [1.54, 1.807) is 12.1 Å². The molecule has 134 valence electrons. The summed E-state index contributed by atoms with van der Waals surface area (Å²) in [5.41, 5.74) is 2.00. The van der Waals surface area contributed by atoms with Crippen molar-refractivity contribution in [2.75, 3.05) is 11.9 Å². The van der Waals surface area contributed by atoms with Gasteiger partial charge in [-0.15, -0.1) is 11.3 Å². The van der Waals surface area contributed by atoms with Crippen LogP contribution in [0.4, 0.5) is 10.1 Å². The summed E-state index contributed by atoms with van der Waals surface area (Å²) >= 11 is 1.39. The molecule has 3 aromatic rings. The van der Waals surface area contributed by atoms with Gasteiger partial charge in [-0.2, -0.15) is 0 Å². The van der Waals surface area contributed by atoms with Crippen molar-refractivity contribution in [3.8, 4) is 16.3 Å². The lowest BCUT2D eigenvalue weighted by molar-refractivity contribution is -0.115. The number of thiazole rings is 1. The zero-order valence-electron chi connectivity index (χ0n) is 14.4. The zero-order valence-corrected chi connectivity index (χ0v) is 15.2. The monoisotopic (exact) mass is 370 g/mol. The van der Waals surface area contributed by atoms with Crippen molar-refractivity contribution in [2.24, 2.45) is 0 Å². The predicted octanol–water partition coefficient (Wildman–Crippen LogP) is 4.92. The smallest absolute Gasteiger partial charge is 0.230 e. The van der Waals surface area contributed by atoms with Crippen molar-refractivity contribution in [3.63, 3.8) is 0 Å². The standard InChI is InChI=1S/C20H19FN2O2S/c1-2-10-25-18-9-4-3-8-17(18)23-19(24)12-16-13-26-20(22-16)14-6-5-7-15(21)11-14/h3-9,11,13H,2,10,12H2,1H3,(H,23,24). The average molecular weight is 370 g/mol. The highest BCUT2D eigenvalue weighted by atomic mass is 32.1. The fourth-order valence-electron chi connectivity index (χ4n) is 2.41. The number of hydrogen-bond donors (Lipinski definition) is 1. The first kappa shape index (κ1) is 18.1. The van der Waals surface area contributed by atoms with E-state index in [1.165, 1.54) is 23.5 Å². The van der Waals surface area contributed by atoms with E-state index in [4.69, 9.17) is 4.74 Å². The lowest BCUT2D eigenvalue weighted by atomic mass is 10.2. The lowest BCUT2D eigenvalue weighted by Gasteiger charge is -2.11. The van der Waals surface area contributed by atoms with Crippen LogP contribution in [0.2, 0.25) is 0 Å². The topological polar surface area (TPSA) is 51.2 Å². The van der Waals surface area contributed by atoms with Crippen molar-refractivity contribution in [2.45, 2.75) is 19.8 Å². The van der Waals surface area contributed by atoms with Gasteiger partial charge in [-0.05, 0) is 30.7 Å². The minimum atomic E-state index is -0.305. The second-order valence-corrected chi connectivity index (χ2v) is 6.58. The summed E-state index contributed by atoms with van der Waals surface area (Å²) in [6.45, 7) is 2.62. The molecule has 0 fully saturated rings. The number of hydrogen-bond acceptors (Lipinski definition) is 4. The van der Waals surface area contributed by atoms with Crippen molar-refractivity contribution in [1.82, 2.24) is 4.98 Å². The maximum atomic E-state index is 13.3. The molecule has 1 N–H and O–H groups in total. The maximum absolute atomic E-state index is 13.3. The summed E-state index contributed by atoms with van der Waals surface area (Å²) in [4.78, 5) is 16.8. The zero-order chi connectivity index (χ0) is 18.4. The summed E-state index contributed by atoms with van der Waals surface area (Å²) in [6, 6.07) is 13.6. The molecule has 1 amide bonds. The second-order valence-electron chi connectivity index (χ2n) is 5.72. The third kappa shape index (κ3) is 4.67. The first-order valence-electron chi connectivity index (χ1n) is 8.37. The highest BCUT2D eigenvalue weighted by molar-refractivity contribution is 7.13. The predicted molar refractivity (Wildman–Crippen MR) is 102 cm³/mol. The number of para-hydroxylation sites is 2. The Balaban J connectivity index is 1.66. The third-order valence-electron chi connectivity index (χ3n) is 3.59. The molecule has 0 spiro atoms. The van der Waals surface area contributed by atoms with E-state index in [0.717, 1.165) is 6.42 Å². The van der Waals surface area contributed by atoms with Crippen LogP contribution in [0.5, 0.6) is 5.75 Å². The van der Waals surface area contributed by atoms with Gasteiger partial charge < -0.3 is 10.1 Å². The number of benzene rings is 2. The van der Waals surface area contributed by atoms with Gasteiger partial charge in [0.1, 0.15) is 16.6 Å². The minimum Gasteiger partial charge on any atom is -0.491 e. The Morgan fingerprint density at radius 3 is 2.88 bits per heavy atom. The van der Waals surface area contributed by atoms with E-state index >= 15 is 0 Å². The molecule has 0 saturated carbocycles. The number of nitrogens with one attached hydrogen (secondary N) is 1. The van der Waals surface area contributed by atoms with E-state index < -0.39 is 0 Å². The Morgan fingerprint density at radius 1 is 1.23 bits per heavy atom. The van der Waals surface area contributed by atoms with E-state index in [2.05, 4.69) is 10.3 Å². The summed E-state index contributed by atoms with van der Waals surface area (Å²) in [5, 5.41) is 5.38. The molecule has 26 heavy (non-hydrogen) atoms. The summed E-state index contributed by atoms with van der Waals surface area (Å²) in [6.07, 6.45) is 1.04. The van der Waals surface area contributed by atoms with Gasteiger partial charge in [-0.1, -0.05) is 31.2 Å². The lowest BCUT2D eigenvalue weighted by Crippen LogP contribution is -2.15. The molecular formula is C20H19FN2O2S. The third-order valence-corrected chi connectivity index (χ3v) is 4.53. The van der Waals surface area contributed by atoms with Crippen molar-refractivity contribution in [1.29, 1.82) is 0 Å². The van der Waals surface area contributed by atoms with Crippen LogP contribution in [0.3, 0.4) is 0 Å². The minimum absolute atomic E-state index is 0.147. The van der Waals surface area contributed by atoms with Gasteiger partial charge in [0.25, 0.3) is 0 Å². The molecule has 1 aromatic heterocycles. The van der Waals surface area contributed by atoms with Crippen LogP contribution >= 0.6 is 11.3 Å². The second kappa shape index (κ2) is 8.58. The number of aromatic nitrogens is 1. The van der Waals surface area contributed by atoms with Crippen molar-refractivity contribution >= 4 is 22.9 Å². The maximum Gasteiger partial charge on any atom is 0.230 e. The molecule has 1 heterocycles. The van der Waals surface area contributed by atoms with Crippen molar-refractivity contribution < 1.29 is 13.9 Å². The van der Waals surface area contributed by atoms with Gasteiger partial charge in [-0.25, -0.2) is 9.37 Å². The summed E-state index contributed by atoms with van der Waals surface area (Å²) < 4.78 is 19.0. The number of carbonyl (C=O) groups excluding carboxylic acids is 1. The van der Waals surface area contributed by atoms with E-state index in [-0.39, 0.29) is 18.1 Å². The Kier molecular flexibility index (Phi) is 5.96. The normalized spacial score (nSPS) is 10.5. The highest BCUT2D eigenvalue weighted by Gasteiger charge is 2.12. The Labute approximate surface area is 155 Å². The average Bonchev–Trinajstić information content (AvgIpc) is 3.09. The molecule has 0 aliphatic heterocycles. The number of nitrogens with zero attached hydrogens (tertiary/aromatic N) is 1. The van der Waals surface area contributed by atoms with Crippen LogP contribution in [0.1, 0.15) is 19.0 Å². The molecule has 0 aliphatic rings. The fraction of sp³-hybridized carbons (Fsp3) is 0.200. The largest absolute Gasteiger partial charge is 0.491 e. The van der Waals surface area contributed by atoms with Crippen LogP contribution in [0.25, 0.3) is 10.6 Å². The highest BCUT2D eigenvalue weighted by Crippen LogP contribution is 2.26. The molecule has 0 unspecified atom stereocenters. The van der Waals surface area contributed by atoms with Crippen LogP contribution in [-0.4, -0.2) is 17.5 Å². The molecule has 2 aromatic carbocycles. The van der Waals surface area contributed by atoms with Crippen LogP contribution in [-0.2, 0) is 11.2 Å². The summed E-state index contributed by atoms with van der Waals surface area (Å²) in [7, 11) is 0. The van der Waals surface area contributed by atoms with Gasteiger partial charge >= 0.3 is 0 Å². The van der Waals surface area contributed by atoms with Crippen LogP contribution in [0.15, 0.2) is 53.9 Å². The molecule has 0 aliphatic carbocycles. The molecule has 0 saturated heterocycles. The number of carbonyl (C=O) groups is 1. The molecule has 0 radical (unpaired) electrons. The van der Waals surface area contributed by atoms with Crippen LogP contribution in [0, 0.1) is 5.82 Å². The number of anilines is 1. The number of ether oxygens (including phenoxy) is 1. The summed E-state index contributed by atoms with van der Waals surface area (Å²) in [5.74, 6) is 0.177. The van der Waals surface area contributed by atoms with E-state index in [9.17, 15) is 9.18 Å². The first-order valence-corrected chi connectivity index (χ1v) is 9.25. The molecule has 0 atom stereocenters. The first-order chi connectivity index (χ1) is 12.7. The quantitative estimate of drug-likeness (QED) is 0.642. The Hall–Kier alpha value is -2.73. The number of amides is 1. The molecule has 6 heteroatoms. The van der Waals surface area contributed by atoms with Gasteiger partial charge in [0, 0.05) is 10.9 Å². The van der Waals surface area contributed by atoms with Gasteiger partial charge in [0.2, 0.25) is 5.91 Å². The van der Waals surface area contributed by atoms with Crippen molar-refractivity contribution in [3.05, 3.63) is 65.4 Å². The molecule has 3 rings (SSSR count). The van der Waals surface area contributed by atoms with Gasteiger partial charge in [0.15, 0.2) is 0 Å². The Morgan fingerprint density at radius 2 is 2.08 bits per heavy atom. The number of rotatable bonds is 7. The van der Waals surface area contributed by atoms with E-state index in [0.29, 0.717) is 34.3 Å². The molecular weight excluding hydrogens is 351 g/mol. The van der Waals surface area contributed by atoms with E-state index in [1.807, 2.05) is 36.6 Å². The van der Waals surface area contributed by atoms with Crippen LogP contribution < -0.4 is 10.1 Å². The van der Waals surface area contributed by atoms with Gasteiger partial charge in [-0.3, -0.25) is 4.79 Å². The number of halogens is 1. The van der Waals surface area contributed by atoms with Gasteiger partial charge in [0.05, 0.1) is 24.4 Å². The molecule has 4 nitrogen and oxygen atoms in total. The SMILES string of the molecule is CCCOc1ccccc1NC(=O)Cc1csc(-c2cccc(F)c2)n1. The fourth-order valence-corrected chi connectivity index (χ4v) is 3.23.